The molecule has 0 aliphatic carbocycles. The van der Waals surface area contributed by atoms with E-state index in [1.54, 1.807) is 36.4 Å². The molecule has 1 heterocycles. The largest absolute Gasteiger partial charge is 0.457 e. The van der Waals surface area contributed by atoms with Crippen molar-refractivity contribution < 1.29 is 19.1 Å². The Hall–Kier alpha value is -3.16. The second kappa shape index (κ2) is 10.6. The molecule has 0 spiro atoms. The first-order valence-corrected chi connectivity index (χ1v) is 10.2. The van der Waals surface area contributed by atoms with Gasteiger partial charge in [-0.15, -0.1) is 0 Å². The van der Waals surface area contributed by atoms with E-state index in [2.05, 4.69) is 26.6 Å². The fourth-order valence-electron chi connectivity index (χ4n) is 2.66. The number of aliphatic hydroxyl groups excluding tert-OH is 1. The first kappa shape index (κ1) is 21.5. The van der Waals surface area contributed by atoms with Crippen LogP contribution < -0.4 is 10.6 Å². The molecule has 0 aliphatic rings. The van der Waals surface area contributed by atoms with Crippen molar-refractivity contribution in [3.63, 3.8) is 0 Å². The number of hydrogen-bond donors (Lipinski definition) is 3. The van der Waals surface area contributed by atoms with E-state index in [1.165, 1.54) is 6.08 Å². The monoisotopic (exact) mass is 468 g/mol. The number of carbonyl (C=O) groups is 2. The highest BCUT2D eigenvalue weighted by Gasteiger charge is 2.15. The van der Waals surface area contributed by atoms with E-state index < -0.39 is 11.8 Å². The third-order valence-electron chi connectivity index (χ3n) is 4.19. The Bertz CT molecular complexity index is 1030. The minimum absolute atomic E-state index is 0.0373. The number of furan rings is 1. The quantitative estimate of drug-likeness (QED) is 0.344. The fraction of sp³-hybridized carbons (Fsp3) is 0.130. The van der Waals surface area contributed by atoms with E-state index in [0.717, 1.165) is 10.0 Å². The number of carbonyl (C=O) groups excluding carboxylic acids is 2. The Morgan fingerprint density at radius 2 is 1.73 bits per heavy atom. The van der Waals surface area contributed by atoms with E-state index in [9.17, 15) is 9.59 Å². The number of amides is 2. The number of nitrogens with one attached hydrogen (secondary N) is 2. The molecular formula is C23H21BrN2O4. The third kappa shape index (κ3) is 5.92. The van der Waals surface area contributed by atoms with Gasteiger partial charge in [-0.1, -0.05) is 46.3 Å². The lowest BCUT2D eigenvalue weighted by molar-refractivity contribution is -0.117. The highest BCUT2D eigenvalue weighted by Crippen LogP contribution is 2.25. The number of hydrogen-bond acceptors (Lipinski definition) is 4. The van der Waals surface area contributed by atoms with Crippen LogP contribution in [0.3, 0.4) is 0 Å². The lowest BCUT2D eigenvalue weighted by atomic mass is 10.2. The molecule has 6 nitrogen and oxygen atoms in total. The summed E-state index contributed by atoms with van der Waals surface area (Å²) >= 11 is 3.40. The first-order chi connectivity index (χ1) is 14.6. The molecule has 0 radical (unpaired) electrons. The summed E-state index contributed by atoms with van der Waals surface area (Å²) in [5.41, 5.74) is 1.38. The molecule has 3 aromatic rings. The minimum atomic E-state index is -0.464. The van der Waals surface area contributed by atoms with Gasteiger partial charge in [0.25, 0.3) is 11.8 Å². The van der Waals surface area contributed by atoms with Gasteiger partial charge in [0.1, 0.15) is 17.2 Å². The van der Waals surface area contributed by atoms with Gasteiger partial charge in [0.05, 0.1) is 0 Å². The lowest BCUT2D eigenvalue weighted by Crippen LogP contribution is -2.35. The second-order valence-corrected chi connectivity index (χ2v) is 7.34. The highest BCUT2D eigenvalue weighted by atomic mass is 79.9. The molecule has 1 aromatic heterocycles. The summed E-state index contributed by atoms with van der Waals surface area (Å²) in [5.74, 6) is 0.199. The molecule has 0 unspecified atom stereocenters. The van der Waals surface area contributed by atoms with Crippen LogP contribution in [0.4, 0.5) is 0 Å². The summed E-state index contributed by atoms with van der Waals surface area (Å²) < 4.78 is 6.80. The number of rotatable bonds is 8. The molecule has 3 rings (SSSR count). The number of benzene rings is 2. The van der Waals surface area contributed by atoms with Crippen molar-refractivity contribution >= 4 is 33.8 Å². The molecule has 2 amide bonds. The third-order valence-corrected chi connectivity index (χ3v) is 4.72. The van der Waals surface area contributed by atoms with Crippen LogP contribution in [0.2, 0.25) is 0 Å². The SMILES string of the molecule is O=C(NCCCO)C(=Cc1ccc(-c2ccc(Br)cc2)o1)NC(=O)c1ccccc1. The molecule has 7 heteroatoms. The van der Waals surface area contributed by atoms with Crippen molar-refractivity contribution in [1.82, 2.24) is 10.6 Å². The van der Waals surface area contributed by atoms with E-state index in [-0.39, 0.29) is 18.8 Å². The smallest absolute Gasteiger partial charge is 0.267 e. The Labute approximate surface area is 182 Å². The molecule has 0 atom stereocenters. The maximum Gasteiger partial charge on any atom is 0.267 e. The van der Waals surface area contributed by atoms with Crippen LogP contribution in [0.25, 0.3) is 17.4 Å². The average molecular weight is 469 g/mol. The van der Waals surface area contributed by atoms with Crippen molar-refractivity contribution in [1.29, 1.82) is 0 Å². The van der Waals surface area contributed by atoms with Gasteiger partial charge < -0.3 is 20.2 Å². The van der Waals surface area contributed by atoms with Gasteiger partial charge in [-0.05, 0) is 42.8 Å². The molecule has 30 heavy (non-hydrogen) atoms. The predicted octanol–water partition coefficient (Wildman–Crippen LogP) is 3.98. The maximum atomic E-state index is 12.6. The highest BCUT2D eigenvalue weighted by molar-refractivity contribution is 9.10. The van der Waals surface area contributed by atoms with Gasteiger partial charge in [-0.25, -0.2) is 0 Å². The molecule has 154 valence electrons. The van der Waals surface area contributed by atoms with Crippen LogP contribution in [-0.2, 0) is 4.79 Å². The van der Waals surface area contributed by atoms with Gasteiger partial charge in [0.2, 0.25) is 0 Å². The van der Waals surface area contributed by atoms with E-state index in [4.69, 9.17) is 9.52 Å². The lowest BCUT2D eigenvalue weighted by Gasteiger charge is -2.10. The zero-order valence-corrected chi connectivity index (χ0v) is 17.7. The first-order valence-electron chi connectivity index (χ1n) is 9.40. The van der Waals surface area contributed by atoms with Crippen LogP contribution in [-0.4, -0.2) is 30.1 Å². The zero-order valence-electron chi connectivity index (χ0n) is 16.1. The molecule has 0 saturated carbocycles. The maximum absolute atomic E-state index is 12.6. The van der Waals surface area contributed by atoms with Gasteiger partial charge in [-0.3, -0.25) is 9.59 Å². The van der Waals surface area contributed by atoms with Crippen molar-refractivity contribution in [2.24, 2.45) is 0 Å². The van der Waals surface area contributed by atoms with Crippen LogP contribution >= 0.6 is 15.9 Å². The van der Waals surface area contributed by atoms with Crippen molar-refractivity contribution in [2.45, 2.75) is 6.42 Å². The molecule has 0 saturated heterocycles. The summed E-state index contributed by atoms with van der Waals surface area (Å²) in [6, 6.07) is 19.8. The molecule has 0 bridgehead atoms. The van der Waals surface area contributed by atoms with E-state index in [1.807, 2.05) is 30.3 Å². The van der Waals surface area contributed by atoms with Crippen LogP contribution in [0, 0.1) is 0 Å². The normalized spacial score (nSPS) is 11.2. The topological polar surface area (TPSA) is 91.6 Å². The van der Waals surface area contributed by atoms with Crippen LogP contribution in [0.15, 0.2) is 81.3 Å². The Morgan fingerprint density at radius 1 is 1.00 bits per heavy atom. The molecule has 2 aromatic carbocycles. The van der Waals surface area contributed by atoms with Crippen molar-refractivity contribution in [3.05, 3.63) is 88.2 Å². The minimum Gasteiger partial charge on any atom is -0.457 e. The predicted molar refractivity (Wildman–Crippen MR) is 118 cm³/mol. The molecule has 0 aliphatic heterocycles. The summed E-state index contributed by atoms with van der Waals surface area (Å²) in [7, 11) is 0. The molecule has 3 N–H and O–H groups in total. The zero-order chi connectivity index (χ0) is 21.3. The summed E-state index contributed by atoms with van der Waals surface area (Å²) in [4.78, 5) is 25.1. The standard InChI is InChI=1S/C23H21BrN2O4/c24-18-9-7-16(8-10-18)21-12-11-19(30-21)15-20(23(29)25-13-4-14-27)26-22(28)17-5-2-1-3-6-17/h1-3,5-12,15,27H,4,13-14H2,(H,25,29)(H,26,28). The average Bonchev–Trinajstić information content (AvgIpc) is 3.23. The second-order valence-electron chi connectivity index (χ2n) is 6.42. The van der Waals surface area contributed by atoms with Gasteiger partial charge in [0.15, 0.2) is 0 Å². The van der Waals surface area contributed by atoms with Crippen LogP contribution in [0.1, 0.15) is 22.5 Å². The molecular weight excluding hydrogens is 448 g/mol. The van der Waals surface area contributed by atoms with Crippen molar-refractivity contribution in [2.75, 3.05) is 13.2 Å². The van der Waals surface area contributed by atoms with Gasteiger partial charge in [-0.2, -0.15) is 0 Å². The Kier molecular flexibility index (Phi) is 7.59. The van der Waals surface area contributed by atoms with E-state index in [0.29, 0.717) is 23.5 Å². The van der Waals surface area contributed by atoms with Crippen LogP contribution in [0.5, 0.6) is 0 Å². The fourth-order valence-corrected chi connectivity index (χ4v) is 2.92. The summed E-state index contributed by atoms with van der Waals surface area (Å²) in [6.07, 6.45) is 1.90. The molecule has 0 fully saturated rings. The van der Waals surface area contributed by atoms with Gasteiger partial charge in [0, 0.05) is 34.8 Å². The Morgan fingerprint density at radius 3 is 2.43 bits per heavy atom. The number of aliphatic hydroxyl groups is 1. The summed E-state index contributed by atoms with van der Waals surface area (Å²) in [5, 5.41) is 14.2. The Balaban J connectivity index is 1.83. The van der Waals surface area contributed by atoms with E-state index >= 15 is 0 Å². The van der Waals surface area contributed by atoms with Crippen molar-refractivity contribution in [3.8, 4) is 11.3 Å². The summed E-state index contributed by atoms with van der Waals surface area (Å²) in [6.45, 7) is 0.251. The van der Waals surface area contributed by atoms with Gasteiger partial charge >= 0.3 is 0 Å². The number of halogens is 1.